The number of rotatable bonds is 8. The van der Waals surface area contributed by atoms with Crippen LogP contribution in [0.2, 0.25) is 0 Å². The van der Waals surface area contributed by atoms with Crippen molar-refractivity contribution in [1.29, 1.82) is 0 Å². The summed E-state index contributed by atoms with van der Waals surface area (Å²) in [6.07, 6.45) is 0.344. The maximum absolute atomic E-state index is 14.0. The van der Waals surface area contributed by atoms with Crippen LogP contribution < -0.4 is 9.88 Å². The Morgan fingerprint density at radius 2 is 1.66 bits per heavy atom. The Balaban J connectivity index is 2.07. The molecule has 6 nitrogen and oxygen atoms in total. The van der Waals surface area contributed by atoms with Crippen LogP contribution in [0.25, 0.3) is 10.9 Å². The van der Waals surface area contributed by atoms with Gasteiger partial charge in [-0.05, 0) is 57.5 Å². The molecular formula is C27H30N2O4S2. The predicted octanol–water partition coefficient (Wildman–Crippen LogP) is 5.12. The largest absolute Gasteiger partial charge is 0.496 e. The van der Waals surface area contributed by atoms with E-state index in [2.05, 4.69) is 0 Å². The van der Waals surface area contributed by atoms with Crippen molar-refractivity contribution < 1.29 is 17.4 Å². The Labute approximate surface area is 209 Å². The molecule has 35 heavy (non-hydrogen) atoms. The molecule has 1 unspecified atom stereocenters. The Hall–Kier alpha value is -2.94. The van der Waals surface area contributed by atoms with Gasteiger partial charge in [-0.15, -0.1) is 0 Å². The molecule has 184 valence electrons. The lowest BCUT2D eigenvalue weighted by atomic mass is 9.86. The smallest absolute Gasteiger partial charge is 0.268 e. The van der Waals surface area contributed by atoms with E-state index in [-0.39, 0.29) is 4.90 Å². The van der Waals surface area contributed by atoms with E-state index in [9.17, 15) is 12.6 Å². The number of fused-ring (bicyclic) bond motifs is 1. The standard InChI is InChI=1S/C27H30N2O4S2/c1-19-14-15-26(33-4)22(16-19)23(18-27(2,3)34(28)30)25-17-20-10-8-9-13-24(20)29(25)35(31,32)21-11-6-5-7-12-21/h5-17,23H,18,28H2,1-4H3/t23-,34?/m1/s1. The van der Waals surface area contributed by atoms with E-state index in [1.807, 2.05) is 63.2 Å². The van der Waals surface area contributed by atoms with E-state index in [0.717, 1.165) is 16.5 Å². The van der Waals surface area contributed by atoms with Crippen molar-refractivity contribution in [3.8, 4) is 5.75 Å². The minimum atomic E-state index is -3.94. The van der Waals surface area contributed by atoms with E-state index in [0.29, 0.717) is 23.4 Å². The van der Waals surface area contributed by atoms with Gasteiger partial charge < -0.3 is 4.74 Å². The molecule has 0 saturated heterocycles. The average molecular weight is 511 g/mol. The minimum Gasteiger partial charge on any atom is -0.496 e. The number of methoxy groups -OCH3 is 1. The lowest BCUT2D eigenvalue weighted by molar-refractivity contribution is 0.403. The topological polar surface area (TPSA) is 91.4 Å². The van der Waals surface area contributed by atoms with E-state index in [4.69, 9.17) is 9.88 Å². The highest BCUT2D eigenvalue weighted by molar-refractivity contribution is 7.90. The van der Waals surface area contributed by atoms with Crippen LogP contribution in [0.1, 0.15) is 43.0 Å². The summed E-state index contributed by atoms with van der Waals surface area (Å²) >= 11 is 0. The number of para-hydroxylation sites is 1. The van der Waals surface area contributed by atoms with E-state index in [1.54, 1.807) is 43.5 Å². The third-order valence-electron chi connectivity index (χ3n) is 6.33. The molecule has 4 aromatic rings. The molecule has 0 spiro atoms. The lowest BCUT2D eigenvalue weighted by Gasteiger charge is -2.29. The first-order valence-electron chi connectivity index (χ1n) is 11.3. The van der Waals surface area contributed by atoms with Gasteiger partial charge in [-0.2, -0.15) is 0 Å². The molecule has 0 aliphatic carbocycles. The first-order valence-corrected chi connectivity index (χ1v) is 13.9. The fourth-order valence-corrected chi connectivity index (χ4v) is 6.36. The fraction of sp³-hybridized carbons (Fsp3) is 0.259. The quantitative estimate of drug-likeness (QED) is 0.356. The maximum Gasteiger partial charge on any atom is 0.268 e. The first kappa shape index (κ1) is 25.2. The lowest BCUT2D eigenvalue weighted by Crippen LogP contribution is -2.34. The molecule has 0 fully saturated rings. The van der Waals surface area contributed by atoms with Crippen LogP contribution in [0, 0.1) is 6.92 Å². The second kappa shape index (κ2) is 9.60. The van der Waals surface area contributed by atoms with Crippen molar-refractivity contribution in [2.24, 2.45) is 5.14 Å². The second-order valence-electron chi connectivity index (χ2n) is 9.27. The summed E-state index contributed by atoms with van der Waals surface area (Å²) < 4.78 is 46.9. The minimum absolute atomic E-state index is 0.194. The van der Waals surface area contributed by atoms with Gasteiger partial charge in [-0.1, -0.05) is 54.1 Å². The number of nitrogens with zero attached hydrogens (tertiary/aromatic N) is 1. The highest BCUT2D eigenvalue weighted by Gasteiger charge is 2.35. The number of hydrogen-bond acceptors (Lipinski definition) is 4. The summed E-state index contributed by atoms with van der Waals surface area (Å²) in [6.45, 7) is 5.64. The first-order chi connectivity index (χ1) is 16.6. The second-order valence-corrected chi connectivity index (χ2v) is 12.8. The molecule has 0 aliphatic rings. The Morgan fingerprint density at radius 1 is 1.00 bits per heavy atom. The zero-order valence-corrected chi connectivity index (χ0v) is 21.9. The number of hydrogen-bond donors (Lipinski definition) is 1. The van der Waals surface area contributed by atoms with Crippen molar-refractivity contribution in [3.63, 3.8) is 0 Å². The molecule has 0 amide bonds. The maximum atomic E-state index is 14.0. The molecule has 3 aromatic carbocycles. The van der Waals surface area contributed by atoms with Gasteiger partial charge in [-0.25, -0.2) is 16.6 Å². The highest BCUT2D eigenvalue weighted by atomic mass is 32.2. The van der Waals surface area contributed by atoms with Crippen LogP contribution >= 0.6 is 0 Å². The summed E-state index contributed by atoms with van der Waals surface area (Å²) in [5.74, 6) is 0.173. The van der Waals surface area contributed by atoms with Gasteiger partial charge in [0, 0.05) is 22.6 Å². The SMILES string of the molecule is COc1ccc(C)cc1[C@@H](CC(C)(C)S(N)=O)c1cc2ccccc2n1S(=O)(=O)c1ccccc1. The van der Waals surface area contributed by atoms with Gasteiger partial charge in [-0.3, -0.25) is 5.14 Å². The number of aryl methyl sites for hydroxylation is 1. The molecule has 1 aromatic heterocycles. The zero-order chi connectivity index (χ0) is 25.4. The van der Waals surface area contributed by atoms with Gasteiger partial charge in [0.1, 0.15) is 5.75 Å². The van der Waals surface area contributed by atoms with Crippen molar-refractivity contribution in [1.82, 2.24) is 3.97 Å². The number of ether oxygens (including phenoxy) is 1. The van der Waals surface area contributed by atoms with Gasteiger partial charge in [0.25, 0.3) is 10.0 Å². The van der Waals surface area contributed by atoms with Crippen LogP contribution in [-0.4, -0.2) is 28.5 Å². The van der Waals surface area contributed by atoms with Crippen LogP contribution in [-0.2, 0) is 21.0 Å². The van der Waals surface area contributed by atoms with Crippen molar-refractivity contribution in [2.75, 3.05) is 7.11 Å². The molecule has 8 heteroatoms. The summed E-state index contributed by atoms with van der Waals surface area (Å²) in [5.41, 5.74) is 2.97. The Morgan fingerprint density at radius 3 is 2.31 bits per heavy atom. The van der Waals surface area contributed by atoms with Gasteiger partial charge in [0.2, 0.25) is 0 Å². The molecule has 0 bridgehead atoms. The van der Waals surface area contributed by atoms with E-state index < -0.39 is 31.7 Å². The van der Waals surface area contributed by atoms with Crippen molar-refractivity contribution in [3.05, 3.63) is 95.7 Å². The fourth-order valence-electron chi connectivity index (χ4n) is 4.43. The number of aromatic nitrogens is 1. The van der Waals surface area contributed by atoms with Crippen LogP contribution in [0.15, 0.2) is 83.8 Å². The Bertz CT molecular complexity index is 1490. The molecule has 0 saturated carbocycles. The van der Waals surface area contributed by atoms with Crippen molar-refractivity contribution >= 4 is 31.9 Å². The molecular weight excluding hydrogens is 480 g/mol. The molecule has 0 radical (unpaired) electrons. The van der Waals surface area contributed by atoms with Gasteiger partial charge in [0.15, 0.2) is 0 Å². The Kier molecular flexibility index (Phi) is 6.90. The zero-order valence-electron chi connectivity index (χ0n) is 20.3. The summed E-state index contributed by atoms with van der Waals surface area (Å²) in [4.78, 5) is 0.194. The number of benzene rings is 3. The third kappa shape index (κ3) is 4.78. The third-order valence-corrected chi connectivity index (χ3v) is 9.34. The van der Waals surface area contributed by atoms with Crippen LogP contribution in [0.5, 0.6) is 5.75 Å². The normalized spacial score (nSPS) is 14.1. The molecule has 0 aliphatic heterocycles. The molecule has 1 heterocycles. The molecule has 2 N–H and O–H groups in total. The van der Waals surface area contributed by atoms with E-state index in [1.165, 1.54) is 3.97 Å². The van der Waals surface area contributed by atoms with Crippen LogP contribution in [0.3, 0.4) is 0 Å². The summed E-state index contributed by atoms with van der Waals surface area (Å²) in [6, 6.07) is 23.5. The molecule has 4 rings (SSSR count). The van der Waals surface area contributed by atoms with Crippen LogP contribution in [0.4, 0.5) is 0 Å². The molecule has 2 atom stereocenters. The van der Waals surface area contributed by atoms with Gasteiger partial charge >= 0.3 is 0 Å². The highest BCUT2D eigenvalue weighted by Crippen LogP contribution is 2.42. The predicted molar refractivity (Wildman–Crippen MR) is 142 cm³/mol. The van der Waals surface area contributed by atoms with Crippen molar-refractivity contribution in [2.45, 2.75) is 42.8 Å². The monoisotopic (exact) mass is 510 g/mol. The summed E-state index contributed by atoms with van der Waals surface area (Å²) in [5, 5.41) is 6.68. The average Bonchev–Trinajstić information content (AvgIpc) is 3.23. The van der Waals surface area contributed by atoms with E-state index >= 15 is 0 Å². The number of nitrogens with two attached hydrogens (primary N) is 1. The summed E-state index contributed by atoms with van der Waals surface area (Å²) in [7, 11) is -3.99. The van der Waals surface area contributed by atoms with Gasteiger partial charge in [0.05, 0.1) is 33.3 Å².